The molecule has 0 aliphatic heterocycles. The Balaban J connectivity index is 2.35. The summed E-state index contributed by atoms with van der Waals surface area (Å²) in [6.07, 6.45) is 1.07. The molecule has 9 nitrogen and oxygen atoms in total. The first kappa shape index (κ1) is 22.0. The molecule has 25 heavy (non-hydrogen) atoms. The average Bonchev–Trinajstić information content (AvgIpc) is 2.90. The maximum absolute atomic E-state index is 12.5. The molecule has 1 aromatic heterocycles. The van der Waals surface area contributed by atoms with Crippen molar-refractivity contribution in [3.8, 4) is 6.01 Å². The third-order valence-electron chi connectivity index (χ3n) is 2.25. The van der Waals surface area contributed by atoms with E-state index in [4.69, 9.17) is 18.5 Å². The van der Waals surface area contributed by atoms with E-state index in [2.05, 4.69) is 14.3 Å². The maximum atomic E-state index is 12.5. The quantitative estimate of drug-likeness (QED) is 0.231. The zero-order valence-corrected chi connectivity index (χ0v) is 17.2. The van der Waals surface area contributed by atoms with Crippen LogP contribution in [0, 0.1) is 0 Å². The van der Waals surface area contributed by atoms with Crippen molar-refractivity contribution < 1.29 is 23.1 Å². The Morgan fingerprint density at radius 2 is 1.84 bits per heavy atom. The molecule has 0 saturated heterocycles. The third kappa shape index (κ3) is 9.86. The average molecular weight is 394 g/mol. The van der Waals surface area contributed by atoms with Gasteiger partial charge in [0.2, 0.25) is 5.13 Å². The Kier molecular flexibility index (Phi) is 9.52. The van der Waals surface area contributed by atoms with Crippen LogP contribution in [0.5, 0.6) is 6.01 Å². The minimum atomic E-state index is -3.29. The summed E-state index contributed by atoms with van der Waals surface area (Å²) < 4.78 is 38.1. The molecule has 11 heteroatoms. The van der Waals surface area contributed by atoms with Gasteiger partial charge in [0, 0.05) is 25.6 Å². The highest BCUT2D eigenvalue weighted by atomic mass is 32.1. The molecule has 0 fully saturated rings. The largest absolute Gasteiger partial charge is 0.460 e. The van der Waals surface area contributed by atoms with Gasteiger partial charge >= 0.3 is 13.6 Å². The van der Waals surface area contributed by atoms with Gasteiger partial charge in [-0.15, -0.1) is 4.37 Å². The van der Waals surface area contributed by atoms with E-state index in [1.165, 1.54) is 0 Å². The number of hydrogen-bond donors (Lipinski definition) is 0. The van der Waals surface area contributed by atoms with Crippen LogP contribution in [0.25, 0.3) is 0 Å². The summed E-state index contributed by atoms with van der Waals surface area (Å²) in [6, 6.07) is 0.236. The summed E-state index contributed by atoms with van der Waals surface area (Å²) >= 11 is 1.14. The van der Waals surface area contributed by atoms with E-state index < -0.39 is 7.60 Å². The molecule has 0 saturated carbocycles. The minimum absolute atomic E-state index is 0.129. The van der Waals surface area contributed by atoms with Crippen LogP contribution in [0.3, 0.4) is 0 Å². The molecule has 0 bridgehead atoms. The van der Waals surface area contributed by atoms with Gasteiger partial charge in [0.1, 0.15) is 13.0 Å². The van der Waals surface area contributed by atoms with Gasteiger partial charge in [-0.3, -0.25) is 4.57 Å². The fourth-order valence-electron chi connectivity index (χ4n) is 1.57. The molecular formula is C14H27N4O5PS. The van der Waals surface area contributed by atoms with Gasteiger partial charge in [0.25, 0.3) is 0 Å². The second kappa shape index (κ2) is 10.8. The number of aliphatic imine (C=N–C) groups is 1. The van der Waals surface area contributed by atoms with Crippen LogP contribution in [0.15, 0.2) is 4.99 Å². The van der Waals surface area contributed by atoms with Crippen molar-refractivity contribution in [1.29, 1.82) is 0 Å². The first-order valence-electron chi connectivity index (χ1n) is 7.91. The van der Waals surface area contributed by atoms with E-state index in [1.807, 2.05) is 14.1 Å². The normalized spacial score (nSPS) is 12.5. The highest BCUT2D eigenvalue weighted by molar-refractivity contribution is 7.53. The van der Waals surface area contributed by atoms with Gasteiger partial charge < -0.3 is 23.4 Å². The Morgan fingerprint density at radius 1 is 1.20 bits per heavy atom. The van der Waals surface area contributed by atoms with E-state index in [-0.39, 0.29) is 37.8 Å². The van der Waals surface area contributed by atoms with Crippen LogP contribution in [0.1, 0.15) is 27.7 Å². The summed E-state index contributed by atoms with van der Waals surface area (Å²) in [4.78, 5) is 10.0. The molecule has 0 N–H and O–H groups in total. The SMILES string of the molecule is CC(C)OP(=O)(COCCOc1nsc(/N=C/N(C)C)n1)OC(C)C. The second-order valence-corrected chi connectivity index (χ2v) is 8.50. The Hall–Kier alpha value is -1.06. The van der Waals surface area contributed by atoms with E-state index in [0.717, 1.165) is 11.5 Å². The van der Waals surface area contributed by atoms with E-state index in [1.54, 1.807) is 38.9 Å². The number of aromatic nitrogens is 2. The first-order valence-corrected chi connectivity index (χ1v) is 10.4. The standard InChI is InChI=1S/C14H27N4O5PS/c1-11(2)22-24(19,23-12(3)4)10-20-7-8-21-13-16-14(25-17-13)15-9-18(5)6/h9,11-12H,7-8,10H2,1-6H3/b15-9+. The molecule has 0 amide bonds. The van der Waals surface area contributed by atoms with E-state index in [9.17, 15) is 4.57 Å². The van der Waals surface area contributed by atoms with Crippen molar-refractivity contribution in [3.05, 3.63) is 0 Å². The number of hydrogen-bond acceptors (Lipinski definition) is 9. The molecule has 0 spiro atoms. The van der Waals surface area contributed by atoms with Crippen LogP contribution >= 0.6 is 19.1 Å². The lowest BCUT2D eigenvalue weighted by Gasteiger charge is -2.22. The first-order chi connectivity index (χ1) is 11.7. The highest BCUT2D eigenvalue weighted by Crippen LogP contribution is 2.50. The lowest BCUT2D eigenvalue weighted by Crippen LogP contribution is -2.14. The van der Waals surface area contributed by atoms with Crippen LogP contribution in [0.4, 0.5) is 5.13 Å². The molecule has 1 rings (SSSR count). The van der Waals surface area contributed by atoms with Gasteiger partial charge in [0.05, 0.1) is 25.2 Å². The third-order valence-corrected chi connectivity index (χ3v) is 4.84. The van der Waals surface area contributed by atoms with Crippen molar-refractivity contribution >= 4 is 30.6 Å². The highest BCUT2D eigenvalue weighted by Gasteiger charge is 2.28. The Bertz CT molecular complexity index is 565. The number of ether oxygens (including phenoxy) is 2. The predicted molar refractivity (Wildman–Crippen MR) is 98.1 cm³/mol. The number of rotatable bonds is 12. The minimum Gasteiger partial charge on any atom is -0.460 e. The van der Waals surface area contributed by atoms with Crippen LogP contribution in [0.2, 0.25) is 0 Å². The lowest BCUT2D eigenvalue weighted by molar-refractivity contribution is 0.0838. The van der Waals surface area contributed by atoms with Gasteiger partial charge in [-0.2, -0.15) is 4.98 Å². The summed E-state index contributed by atoms with van der Waals surface area (Å²) in [7, 11) is 0.441. The van der Waals surface area contributed by atoms with Crippen LogP contribution in [-0.2, 0) is 18.3 Å². The molecule has 0 unspecified atom stereocenters. The van der Waals surface area contributed by atoms with Crippen molar-refractivity contribution in [2.75, 3.05) is 33.7 Å². The van der Waals surface area contributed by atoms with Gasteiger partial charge in [-0.1, -0.05) is 0 Å². The molecule has 1 aromatic rings. The Morgan fingerprint density at radius 3 is 2.40 bits per heavy atom. The predicted octanol–water partition coefficient (Wildman–Crippen LogP) is 3.16. The molecule has 144 valence electrons. The van der Waals surface area contributed by atoms with Crippen molar-refractivity contribution in [2.24, 2.45) is 4.99 Å². The van der Waals surface area contributed by atoms with Crippen LogP contribution < -0.4 is 4.74 Å². The van der Waals surface area contributed by atoms with Gasteiger partial charge in [-0.05, 0) is 27.7 Å². The van der Waals surface area contributed by atoms with Crippen molar-refractivity contribution in [2.45, 2.75) is 39.9 Å². The van der Waals surface area contributed by atoms with E-state index in [0.29, 0.717) is 5.13 Å². The lowest BCUT2D eigenvalue weighted by atomic mass is 10.5. The summed E-state index contributed by atoms with van der Waals surface area (Å²) in [5.74, 6) is 0. The fourth-order valence-corrected chi connectivity index (χ4v) is 3.85. The van der Waals surface area contributed by atoms with Crippen molar-refractivity contribution in [1.82, 2.24) is 14.3 Å². The number of nitrogens with zero attached hydrogens (tertiary/aromatic N) is 4. The molecule has 0 atom stereocenters. The summed E-state index contributed by atoms with van der Waals surface area (Å²) in [5.41, 5.74) is 0. The molecule has 0 aromatic carbocycles. The topological polar surface area (TPSA) is 95.4 Å². The smallest absolute Gasteiger partial charge is 0.356 e. The van der Waals surface area contributed by atoms with Crippen molar-refractivity contribution in [3.63, 3.8) is 0 Å². The molecule has 0 aliphatic rings. The van der Waals surface area contributed by atoms with E-state index >= 15 is 0 Å². The second-order valence-electron chi connectivity index (χ2n) is 5.87. The molecule has 0 radical (unpaired) electrons. The summed E-state index contributed by atoms with van der Waals surface area (Å²) in [5, 5.41) is 0.504. The zero-order valence-electron chi connectivity index (χ0n) is 15.5. The molecule has 0 aliphatic carbocycles. The fraction of sp³-hybridized carbons (Fsp3) is 0.786. The molecule has 1 heterocycles. The maximum Gasteiger partial charge on any atom is 0.356 e. The monoisotopic (exact) mass is 394 g/mol. The molecular weight excluding hydrogens is 367 g/mol. The van der Waals surface area contributed by atoms with Gasteiger partial charge in [-0.25, -0.2) is 4.99 Å². The Labute approximate surface area is 153 Å². The van der Waals surface area contributed by atoms with Gasteiger partial charge in [0.15, 0.2) is 0 Å². The van der Waals surface area contributed by atoms with Crippen LogP contribution in [-0.4, -0.2) is 66.5 Å². The summed E-state index contributed by atoms with van der Waals surface area (Å²) in [6.45, 7) is 7.61. The zero-order chi connectivity index (χ0) is 18.9.